The van der Waals surface area contributed by atoms with Crippen molar-refractivity contribution in [2.75, 3.05) is 0 Å². The Kier molecular flexibility index (Phi) is 11.7. The van der Waals surface area contributed by atoms with E-state index in [0.717, 1.165) is 50.5 Å². The zero-order valence-corrected chi connectivity index (χ0v) is 19.5. The second kappa shape index (κ2) is 13.4. The molecule has 1 aliphatic carbocycles. The van der Waals surface area contributed by atoms with E-state index in [4.69, 9.17) is 0 Å². The van der Waals surface area contributed by atoms with Gasteiger partial charge in [-0.25, -0.2) is 0 Å². The van der Waals surface area contributed by atoms with Crippen LogP contribution in [0.2, 0.25) is 0 Å². The molecule has 0 bridgehead atoms. The van der Waals surface area contributed by atoms with Crippen LogP contribution in [0.4, 0.5) is 0 Å². The molecule has 2 atom stereocenters. The number of rotatable bonds is 11. The van der Waals surface area contributed by atoms with Gasteiger partial charge in [-0.05, 0) is 104 Å². The van der Waals surface area contributed by atoms with Crippen molar-refractivity contribution >= 4 is 0 Å². The molecule has 0 heterocycles. The molecule has 0 spiro atoms. The molecule has 0 aromatic heterocycles. The van der Waals surface area contributed by atoms with E-state index >= 15 is 0 Å². The van der Waals surface area contributed by atoms with Crippen LogP contribution in [0.1, 0.15) is 86.5 Å². The van der Waals surface area contributed by atoms with Crippen molar-refractivity contribution in [1.82, 2.24) is 0 Å². The van der Waals surface area contributed by atoms with Gasteiger partial charge in [0.25, 0.3) is 0 Å². The minimum absolute atomic E-state index is 0.0287. The average Bonchev–Trinajstić information content (AvgIpc) is 2.63. The Balaban J connectivity index is 2.33. The summed E-state index contributed by atoms with van der Waals surface area (Å²) in [5.74, 6) is 0.239. The number of aliphatic hydroxyl groups is 2. The minimum atomic E-state index is -0.490. The molecule has 2 heteroatoms. The smallest absolute Gasteiger partial charge is 0.112 e. The molecule has 0 aromatic rings. The molecular weight excluding hydrogens is 356 g/mol. The van der Waals surface area contributed by atoms with Gasteiger partial charge in [-0.3, -0.25) is 0 Å². The topological polar surface area (TPSA) is 40.5 Å². The predicted molar refractivity (Wildman–Crippen MR) is 127 cm³/mol. The van der Waals surface area contributed by atoms with Crippen LogP contribution in [0.25, 0.3) is 0 Å². The van der Waals surface area contributed by atoms with Gasteiger partial charge in [-0.2, -0.15) is 0 Å². The third kappa shape index (κ3) is 11.1. The Morgan fingerprint density at radius 3 is 1.83 bits per heavy atom. The molecule has 0 saturated carbocycles. The summed E-state index contributed by atoms with van der Waals surface area (Å²) in [6, 6.07) is 0. The van der Waals surface area contributed by atoms with Gasteiger partial charge in [0.1, 0.15) is 5.76 Å². The first kappa shape index (κ1) is 25.2. The molecule has 0 aliphatic heterocycles. The van der Waals surface area contributed by atoms with E-state index in [1.807, 2.05) is 6.92 Å². The van der Waals surface area contributed by atoms with Crippen molar-refractivity contribution in [3.8, 4) is 0 Å². The van der Waals surface area contributed by atoms with Crippen LogP contribution in [0, 0.1) is 5.92 Å². The van der Waals surface area contributed by atoms with Crippen molar-refractivity contribution in [1.29, 1.82) is 0 Å². The summed E-state index contributed by atoms with van der Waals surface area (Å²) in [6.45, 7) is 12.8. The van der Waals surface area contributed by atoms with E-state index in [0.29, 0.717) is 0 Å². The lowest BCUT2D eigenvalue weighted by molar-refractivity contribution is 0.159. The highest BCUT2D eigenvalue weighted by Gasteiger charge is 2.22. The van der Waals surface area contributed by atoms with Gasteiger partial charge in [0.2, 0.25) is 0 Å². The summed E-state index contributed by atoms with van der Waals surface area (Å²) >= 11 is 0. The Bertz CT molecular complexity index is 694. The van der Waals surface area contributed by atoms with Crippen molar-refractivity contribution in [3.63, 3.8) is 0 Å². The second-order valence-electron chi connectivity index (χ2n) is 8.87. The quantitative estimate of drug-likeness (QED) is 0.347. The van der Waals surface area contributed by atoms with E-state index < -0.39 is 6.10 Å². The fraction of sp³-hybridized carbons (Fsp3) is 0.556. The molecule has 2 unspecified atom stereocenters. The van der Waals surface area contributed by atoms with Crippen LogP contribution in [0.3, 0.4) is 0 Å². The molecule has 0 saturated heterocycles. The van der Waals surface area contributed by atoms with Crippen LogP contribution >= 0.6 is 0 Å². The monoisotopic (exact) mass is 398 g/mol. The van der Waals surface area contributed by atoms with Crippen LogP contribution < -0.4 is 0 Å². The summed E-state index contributed by atoms with van der Waals surface area (Å²) < 4.78 is 0. The highest BCUT2D eigenvalue weighted by Crippen LogP contribution is 2.26. The summed E-state index contributed by atoms with van der Waals surface area (Å²) in [6.07, 6.45) is 19.6. The molecule has 2 nitrogen and oxygen atoms in total. The van der Waals surface area contributed by atoms with Gasteiger partial charge in [-0.1, -0.05) is 46.6 Å². The molecule has 29 heavy (non-hydrogen) atoms. The third-order valence-corrected chi connectivity index (χ3v) is 5.53. The van der Waals surface area contributed by atoms with Crippen LogP contribution in [0.15, 0.2) is 70.1 Å². The van der Waals surface area contributed by atoms with E-state index in [9.17, 15) is 10.2 Å². The number of hydrogen-bond donors (Lipinski definition) is 2. The van der Waals surface area contributed by atoms with Crippen LogP contribution in [-0.2, 0) is 0 Å². The number of aliphatic hydroxyl groups excluding tert-OH is 2. The molecule has 162 valence electrons. The van der Waals surface area contributed by atoms with Gasteiger partial charge in [0, 0.05) is 5.92 Å². The number of hydrogen-bond acceptors (Lipinski definition) is 2. The Labute approximate surface area is 179 Å². The summed E-state index contributed by atoms with van der Waals surface area (Å²) in [5, 5.41) is 20.0. The van der Waals surface area contributed by atoms with Gasteiger partial charge < -0.3 is 10.2 Å². The first-order valence-electron chi connectivity index (χ1n) is 11.1. The minimum Gasteiger partial charge on any atom is -0.508 e. The maximum absolute atomic E-state index is 10.2. The van der Waals surface area contributed by atoms with Gasteiger partial charge in [-0.15, -0.1) is 0 Å². The highest BCUT2D eigenvalue weighted by atomic mass is 16.3. The van der Waals surface area contributed by atoms with Crippen molar-refractivity contribution in [3.05, 3.63) is 70.1 Å². The van der Waals surface area contributed by atoms with Crippen molar-refractivity contribution in [2.45, 2.75) is 92.6 Å². The van der Waals surface area contributed by atoms with E-state index in [1.54, 1.807) is 12.2 Å². The molecule has 0 aromatic carbocycles. The van der Waals surface area contributed by atoms with Gasteiger partial charge in [0.15, 0.2) is 0 Å². The largest absolute Gasteiger partial charge is 0.508 e. The first-order valence-corrected chi connectivity index (χ1v) is 11.1. The third-order valence-electron chi connectivity index (χ3n) is 5.53. The predicted octanol–water partition coefficient (Wildman–Crippen LogP) is 7.90. The lowest BCUT2D eigenvalue weighted by Crippen LogP contribution is -2.22. The lowest BCUT2D eigenvalue weighted by Gasteiger charge is -2.23. The standard InChI is InChI=1S/C27H42O2/c1-20(2)10-7-11-21(3)12-8-13-22(4)14-9-15-23(5)16-17-25-19-26(28)18-24(6)27(25)29/h10,12,14,16,18-19,25,27-29H,7-9,11,13,15,17H2,1-6H3/b21-12+,22-14+,23-16+. The zero-order valence-electron chi connectivity index (χ0n) is 19.5. The second-order valence-corrected chi connectivity index (χ2v) is 8.87. The summed E-state index contributed by atoms with van der Waals surface area (Å²) in [5.41, 5.74) is 6.53. The van der Waals surface area contributed by atoms with E-state index in [-0.39, 0.29) is 11.7 Å². The fourth-order valence-electron chi connectivity index (χ4n) is 3.54. The zero-order chi connectivity index (χ0) is 21.8. The van der Waals surface area contributed by atoms with Crippen molar-refractivity contribution in [2.24, 2.45) is 5.92 Å². The molecule has 0 amide bonds. The fourth-order valence-corrected chi connectivity index (χ4v) is 3.54. The van der Waals surface area contributed by atoms with Crippen LogP contribution in [-0.4, -0.2) is 16.3 Å². The first-order chi connectivity index (χ1) is 13.7. The summed E-state index contributed by atoms with van der Waals surface area (Å²) in [7, 11) is 0. The molecule has 0 radical (unpaired) electrons. The normalized spacial score (nSPS) is 21.0. The lowest BCUT2D eigenvalue weighted by atomic mass is 9.88. The maximum Gasteiger partial charge on any atom is 0.112 e. The van der Waals surface area contributed by atoms with Crippen LogP contribution in [0.5, 0.6) is 0 Å². The summed E-state index contributed by atoms with van der Waals surface area (Å²) in [4.78, 5) is 0. The van der Waals surface area contributed by atoms with Gasteiger partial charge >= 0.3 is 0 Å². The molecule has 0 fully saturated rings. The highest BCUT2D eigenvalue weighted by molar-refractivity contribution is 5.27. The molecule has 1 aliphatic rings. The number of allylic oxidation sites excluding steroid dienone is 9. The molecule has 2 N–H and O–H groups in total. The van der Waals surface area contributed by atoms with Crippen molar-refractivity contribution < 1.29 is 10.2 Å². The molecular formula is C27H42O2. The molecule has 1 rings (SSSR count). The van der Waals surface area contributed by atoms with E-state index in [2.05, 4.69) is 58.9 Å². The SMILES string of the molecule is CC(C)=CCC/C(C)=C/CC/C(C)=C/CC/C(C)=C/CC1C=C(O)C=C(C)C1O. The van der Waals surface area contributed by atoms with Gasteiger partial charge in [0.05, 0.1) is 6.10 Å². The Morgan fingerprint density at radius 2 is 1.31 bits per heavy atom. The Morgan fingerprint density at radius 1 is 0.828 bits per heavy atom. The average molecular weight is 399 g/mol. The maximum atomic E-state index is 10.2. The van der Waals surface area contributed by atoms with E-state index in [1.165, 1.54) is 22.3 Å². The Hall–Kier alpha value is -1.80.